The Hall–Kier alpha value is -2.94. The molecule has 7 nitrogen and oxygen atoms in total. The molecule has 0 aliphatic carbocycles. The van der Waals surface area contributed by atoms with Gasteiger partial charge >= 0.3 is 0 Å². The topological polar surface area (TPSA) is 75.9 Å². The summed E-state index contributed by atoms with van der Waals surface area (Å²) in [5.41, 5.74) is -0.401. The zero-order valence-corrected chi connectivity index (χ0v) is 15.6. The van der Waals surface area contributed by atoms with Crippen LogP contribution < -0.4 is 9.64 Å². The Bertz CT molecular complexity index is 913. The summed E-state index contributed by atoms with van der Waals surface area (Å²) in [6.45, 7) is 0.877. The van der Waals surface area contributed by atoms with E-state index in [9.17, 15) is 23.7 Å². The first-order chi connectivity index (χ1) is 13.3. The van der Waals surface area contributed by atoms with Crippen LogP contribution in [0, 0.1) is 21.7 Å². The highest BCUT2D eigenvalue weighted by Gasteiger charge is 2.29. The van der Waals surface area contributed by atoms with E-state index in [0.29, 0.717) is 0 Å². The van der Waals surface area contributed by atoms with Crippen molar-refractivity contribution in [3.05, 3.63) is 62.7 Å². The summed E-state index contributed by atoms with van der Waals surface area (Å²) in [4.78, 5) is 26.3. The van der Waals surface area contributed by atoms with Crippen LogP contribution in [-0.2, 0) is 0 Å². The molecule has 28 heavy (non-hydrogen) atoms. The maximum Gasteiger partial charge on any atom is 0.295 e. The molecule has 3 rings (SSSR count). The quantitative estimate of drug-likeness (QED) is 0.568. The maximum atomic E-state index is 14.0. The van der Waals surface area contributed by atoms with Gasteiger partial charge in [-0.2, -0.15) is 0 Å². The number of nitro groups is 1. The maximum absolute atomic E-state index is 14.0. The summed E-state index contributed by atoms with van der Waals surface area (Å²) in [5, 5.41) is 11.3. The van der Waals surface area contributed by atoms with Crippen molar-refractivity contribution < 1.29 is 23.2 Å². The van der Waals surface area contributed by atoms with Crippen molar-refractivity contribution in [3.63, 3.8) is 0 Å². The Kier molecular flexibility index (Phi) is 5.64. The molecule has 1 aliphatic heterocycles. The molecule has 0 N–H and O–H groups in total. The van der Waals surface area contributed by atoms with Crippen LogP contribution >= 0.6 is 11.6 Å². The molecule has 0 unspecified atom stereocenters. The van der Waals surface area contributed by atoms with Crippen LogP contribution in [0.2, 0.25) is 5.02 Å². The van der Waals surface area contributed by atoms with Crippen LogP contribution in [0.25, 0.3) is 0 Å². The minimum absolute atomic E-state index is 0.0198. The van der Waals surface area contributed by atoms with Crippen LogP contribution in [0.1, 0.15) is 10.4 Å². The van der Waals surface area contributed by atoms with E-state index in [0.717, 1.165) is 12.1 Å². The van der Waals surface area contributed by atoms with Gasteiger partial charge in [0.15, 0.2) is 11.6 Å². The van der Waals surface area contributed by atoms with Gasteiger partial charge in [0, 0.05) is 32.2 Å². The predicted octanol–water partition coefficient (Wildman–Crippen LogP) is 3.50. The van der Waals surface area contributed by atoms with Gasteiger partial charge in [0.05, 0.1) is 28.7 Å². The number of rotatable bonds is 4. The first-order valence-corrected chi connectivity index (χ1v) is 8.71. The fraction of sp³-hybridized carbons (Fsp3) is 0.278. The number of carbonyl (C=O) groups excluding carboxylic acids is 1. The molecule has 0 saturated carbocycles. The third-order valence-corrected chi connectivity index (χ3v) is 4.84. The number of nitrogens with zero attached hydrogens (tertiary/aromatic N) is 3. The third-order valence-electron chi connectivity index (χ3n) is 4.53. The number of nitro benzene ring substituents is 1. The number of hydrogen-bond acceptors (Lipinski definition) is 5. The van der Waals surface area contributed by atoms with Crippen molar-refractivity contribution in [1.29, 1.82) is 0 Å². The first kappa shape index (κ1) is 19.8. The van der Waals surface area contributed by atoms with E-state index in [2.05, 4.69) is 0 Å². The average molecular weight is 412 g/mol. The van der Waals surface area contributed by atoms with Gasteiger partial charge in [0.1, 0.15) is 11.5 Å². The third kappa shape index (κ3) is 3.70. The Morgan fingerprint density at radius 1 is 1.18 bits per heavy atom. The fourth-order valence-electron chi connectivity index (χ4n) is 3.10. The molecule has 148 valence electrons. The van der Waals surface area contributed by atoms with Crippen LogP contribution in [-0.4, -0.2) is 49.0 Å². The highest BCUT2D eigenvalue weighted by Crippen LogP contribution is 2.35. The predicted molar refractivity (Wildman–Crippen MR) is 99.1 cm³/mol. The van der Waals surface area contributed by atoms with Crippen LogP contribution in [0.15, 0.2) is 30.3 Å². The normalized spacial score (nSPS) is 14.1. The molecular weight excluding hydrogens is 396 g/mol. The van der Waals surface area contributed by atoms with Gasteiger partial charge in [0.25, 0.3) is 11.6 Å². The minimum Gasteiger partial charge on any atom is -0.494 e. The second kappa shape index (κ2) is 7.97. The number of methoxy groups -OCH3 is 1. The smallest absolute Gasteiger partial charge is 0.295 e. The molecular formula is C18H16ClF2N3O4. The average Bonchev–Trinajstić information content (AvgIpc) is 2.67. The van der Waals surface area contributed by atoms with E-state index in [-0.39, 0.29) is 48.2 Å². The molecule has 2 aromatic carbocycles. The Balaban J connectivity index is 1.81. The van der Waals surface area contributed by atoms with Gasteiger partial charge < -0.3 is 14.5 Å². The molecule has 0 bridgehead atoms. The monoisotopic (exact) mass is 411 g/mol. The van der Waals surface area contributed by atoms with Gasteiger partial charge in [0.2, 0.25) is 0 Å². The van der Waals surface area contributed by atoms with Gasteiger partial charge in [-0.1, -0.05) is 17.7 Å². The second-order valence-corrected chi connectivity index (χ2v) is 6.52. The van der Waals surface area contributed by atoms with Crippen molar-refractivity contribution in [2.75, 3.05) is 38.2 Å². The SMILES string of the molecule is COc1cc(N2CCN(C(=O)c3c(F)cccc3Cl)CC2)c([N+](=O)[O-])cc1F. The molecule has 1 aliphatic rings. The number of halogens is 3. The van der Waals surface area contributed by atoms with Crippen LogP contribution in [0.4, 0.5) is 20.2 Å². The van der Waals surface area contributed by atoms with E-state index in [1.165, 1.54) is 30.2 Å². The van der Waals surface area contributed by atoms with Crippen molar-refractivity contribution in [1.82, 2.24) is 4.90 Å². The van der Waals surface area contributed by atoms with E-state index < -0.39 is 28.2 Å². The van der Waals surface area contributed by atoms with E-state index in [1.54, 1.807) is 4.90 Å². The lowest BCUT2D eigenvalue weighted by atomic mass is 10.1. The lowest BCUT2D eigenvalue weighted by molar-refractivity contribution is -0.384. The summed E-state index contributed by atoms with van der Waals surface area (Å²) in [6.07, 6.45) is 0. The molecule has 1 heterocycles. The summed E-state index contributed by atoms with van der Waals surface area (Å²) in [7, 11) is 1.27. The molecule has 2 aromatic rings. The second-order valence-electron chi connectivity index (χ2n) is 6.11. The van der Waals surface area contributed by atoms with Crippen LogP contribution in [0.5, 0.6) is 5.75 Å². The summed E-state index contributed by atoms with van der Waals surface area (Å²) in [5.74, 6) is -2.20. The van der Waals surface area contributed by atoms with Gasteiger partial charge in [-0.05, 0) is 12.1 Å². The number of benzene rings is 2. The van der Waals surface area contributed by atoms with Gasteiger partial charge in [-0.3, -0.25) is 14.9 Å². The summed E-state index contributed by atoms with van der Waals surface area (Å²) >= 11 is 5.95. The molecule has 1 amide bonds. The summed E-state index contributed by atoms with van der Waals surface area (Å²) < 4.78 is 32.7. The molecule has 0 radical (unpaired) electrons. The van der Waals surface area contributed by atoms with Crippen molar-refractivity contribution in [2.45, 2.75) is 0 Å². The largest absolute Gasteiger partial charge is 0.494 e. The van der Waals surface area contributed by atoms with Gasteiger partial charge in [-0.25, -0.2) is 8.78 Å². The highest BCUT2D eigenvalue weighted by atomic mass is 35.5. The lowest BCUT2D eigenvalue weighted by Gasteiger charge is -2.36. The van der Waals surface area contributed by atoms with Crippen LogP contribution in [0.3, 0.4) is 0 Å². The van der Waals surface area contributed by atoms with Crippen molar-refractivity contribution in [3.8, 4) is 5.75 Å². The number of carbonyl (C=O) groups is 1. The summed E-state index contributed by atoms with van der Waals surface area (Å²) in [6, 6.07) is 6.07. The number of amides is 1. The van der Waals surface area contributed by atoms with Crippen molar-refractivity contribution >= 4 is 28.9 Å². The number of anilines is 1. The fourth-order valence-corrected chi connectivity index (χ4v) is 3.34. The lowest BCUT2D eigenvalue weighted by Crippen LogP contribution is -2.49. The molecule has 1 saturated heterocycles. The number of hydrogen-bond donors (Lipinski definition) is 0. The Morgan fingerprint density at radius 3 is 2.43 bits per heavy atom. The molecule has 1 fully saturated rings. The van der Waals surface area contributed by atoms with E-state index in [1.807, 2.05) is 0 Å². The Morgan fingerprint density at radius 2 is 1.86 bits per heavy atom. The molecule has 0 spiro atoms. The van der Waals surface area contributed by atoms with E-state index in [4.69, 9.17) is 16.3 Å². The zero-order valence-electron chi connectivity index (χ0n) is 14.8. The molecule has 0 atom stereocenters. The highest BCUT2D eigenvalue weighted by molar-refractivity contribution is 6.33. The standard InChI is InChI=1S/C18H16ClF2N3O4/c1-28-16-10-14(15(24(26)27)9-13(16)21)22-5-7-23(8-6-22)18(25)17-11(19)3-2-4-12(17)20/h2-4,9-10H,5-8H2,1H3. The molecule has 0 aromatic heterocycles. The number of ether oxygens (including phenoxy) is 1. The van der Waals surface area contributed by atoms with Crippen molar-refractivity contribution in [2.24, 2.45) is 0 Å². The first-order valence-electron chi connectivity index (χ1n) is 8.33. The zero-order chi connectivity index (χ0) is 20.4. The number of piperazine rings is 1. The molecule has 10 heteroatoms. The van der Waals surface area contributed by atoms with Gasteiger partial charge in [-0.15, -0.1) is 0 Å². The van der Waals surface area contributed by atoms with E-state index >= 15 is 0 Å². The Labute approximate surface area is 164 Å². The minimum atomic E-state index is -0.832.